The van der Waals surface area contributed by atoms with E-state index in [2.05, 4.69) is 38.3 Å². The van der Waals surface area contributed by atoms with Crippen LogP contribution in [0.25, 0.3) is 20.7 Å². The molecule has 1 saturated carbocycles. The molecule has 25 heavy (non-hydrogen) atoms. The lowest BCUT2D eigenvalue weighted by Gasteiger charge is -1.98. The zero-order valence-corrected chi connectivity index (χ0v) is 14.9. The number of benzene rings is 1. The normalized spacial score (nSPS) is 14.2. The predicted molar refractivity (Wildman–Crippen MR) is 98.7 cm³/mol. The first-order chi connectivity index (χ1) is 12.4. The van der Waals surface area contributed by atoms with Crippen LogP contribution in [0.3, 0.4) is 0 Å². The summed E-state index contributed by atoms with van der Waals surface area (Å²) in [5.74, 6) is 2.66. The van der Waals surface area contributed by atoms with Gasteiger partial charge in [0, 0.05) is 16.2 Å². The highest BCUT2D eigenvalue weighted by molar-refractivity contribution is 7.98. The van der Waals surface area contributed by atoms with Gasteiger partial charge in [0.2, 0.25) is 5.89 Å². The van der Waals surface area contributed by atoms with Gasteiger partial charge in [-0.05, 0) is 24.5 Å². The second kappa shape index (κ2) is 6.24. The molecule has 0 saturated heterocycles. The van der Waals surface area contributed by atoms with Crippen molar-refractivity contribution in [3.05, 3.63) is 54.4 Å². The van der Waals surface area contributed by atoms with Crippen LogP contribution in [0, 0.1) is 0 Å². The Morgan fingerprint density at radius 1 is 1.16 bits per heavy atom. The number of thiophene rings is 1. The molecule has 4 aromatic rings. The lowest BCUT2D eigenvalue weighted by molar-refractivity contribution is 0.385. The van der Waals surface area contributed by atoms with Crippen molar-refractivity contribution in [3.63, 3.8) is 0 Å². The van der Waals surface area contributed by atoms with Gasteiger partial charge < -0.3 is 4.52 Å². The summed E-state index contributed by atoms with van der Waals surface area (Å²) in [7, 11) is 0. The molecule has 5 rings (SSSR count). The van der Waals surface area contributed by atoms with Gasteiger partial charge >= 0.3 is 0 Å². The fourth-order valence-corrected chi connectivity index (χ4v) is 4.54. The van der Waals surface area contributed by atoms with Gasteiger partial charge in [-0.15, -0.1) is 11.3 Å². The molecule has 3 aromatic heterocycles. The van der Waals surface area contributed by atoms with E-state index >= 15 is 0 Å². The van der Waals surface area contributed by atoms with Crippen LogP contribution in [0.15, 0.2) is 52.3 Å². The fraction of sp³-hybridized carbons (Fsp3) is 0.222. The Morgan fingerprint density at radius 3 is 2.88 bits per heavy atom. The quantitative estimate of drug-likeness (QED) is 0.369. The molecular formula is C18H14N4OS2. The topological polar surface area (TPSA) is 64.7 Å². The van der Waals surface area contributed by atoms with Gasteiger partial charge in [0.1, 0.15) is 16.2 Å². The Balaban J connectivity index is 1.41. The molecule has 5 nitrogen and oxygen atoms in total. The maximum absolute atomic E-state index is 5.35. The first kappa shape index (κ1) is 15.0. The number of thioether (sulfide) groups is 1. The number of fused-ring (bicyclic) bond motifs is 1. The largest absolute Gasteiger partial charge is 0.338 e. The van der Waals surface area contributed by atoms with E-state index in [0.29, 0.717) is 17.6 Å². The summed E-state index contributed by atoms with van der Waals surface area (Å²) in [6.07, 6.45) is 3.98. The van der Waals surface area contributed by atoms with Crippen molar-refractivity contribution in [2.24, 2.45) is 0 Å². The van der Waals surface area contributed by atoms with E-state index in [1.165, 1.54) is 23.3 Å². The monoisotopic (exact) mass is 366 g/mol. The molecule has 0 atom stereocenters. The highest BCUT2D eigenvalue weighted by Crippen LogP contribution is 2.39. The van der Waals surface area contributed by atoms with E-state index in [4.69, 9.17) is 4.52 Å². The lowest BCUT2D eigenvalue weighted by atomic mass is 10.2. The third-order valence-electron chi connectivity index (χ3n) is 4.11. The van der Waals surface area contributed by atoms with Crippen LogP contribution in [-0.4, -0.2) is 20.1 Å². The van der Waals surface area contributed by atoms with Gasteiger partial charge in [-0.3, -0.25) is 0 Å². The summed E-state index contributed by atoms with van der Waals surface area (Å²) in [6, 6.07) is 12.5. The average molecular weight is 366 g/mol. The summed E-state index contributed by atoms with van der Waals surface area (Å²) in [4.78, 5) is 15.6. The molecule has 1 aliphatic carbocycles. The van der Waals surface area contributed by atoms with Crippen LogP contribution in [0.4, 0.5) is 0 Å². The molecule has 7 heteroatoms. The van der Waals surface area contributed by atoms with Crippen molar-refractivity contribution in [3.8, 4) is 10.4 Å². The van der Waals surface area contributed by atoms with E-state index in [1.54, 1.807) is 29.4 Å². The Kier molecular flexibility index (Phi) is 3.75. The van der Waals surface area contributed by atoms with Gasteiger partial charge in [-0.25, -0.2) is 9.97 Å². The summed E-state index contributed by atoms with van der Waals surface area (Å²) in [5, 5.41) is 6.10. The zero-order chi connectivity index (χ0) is 16.6. The van der Waals surface area contributed by atoms with Crippen molar-refractivity contribution in [2.75, 3.05) is 0 Å². The van der Waals surface area contributed by atoms with Gasteiger partial charge in [0.15, 0.2) is 5.82 Å². The van der Waals surface area contributed by atoms with E-state index in [9.17, 15) is 0 Å². The number of rotatable bonds is 5. The van der Waals surface area contributed by atoms with E-state index < -0.39 is 0 Å². The Bertz CT molecular complexity index is 1020. The second-order valence-electron chi connectivity index (χ2n) is 5.98. The number of nitrogens with zero attached hydrogens (tertiary/aromatic N) is 4. The number of hydrogen-bond acceptors (Lipinski definition) is 7. The molecule has 0 amide bonds. The minimum atomic E-state index is 0.513. The SMILES string of the molecule is c1ccc(-c2cc3c(SCc4nc(C5CC5)no4)ncnc3s2)cc1. The molecule has 1 aliphatic rings. The molecule has 0 radical (unpaired) electrons. The first-order valence-electron chi connectivity index (χ1n) is 8.12. The molecule has 3 heterocycles. The van der Waals surface area contributed by atoms with Crippen LogP contribution in [0.1, 0.15) is 30.5 Å². The molecule has 124 valence electrons. The van der Waals surface area contributed by atoms with Crippen molar-refractivity contribution >= 4 is 33.3 Å². The molecule has 0 unspecified atom stereocenters. The van der Waals surface area contributed by atoms with E-state index in [1.807, 2.05) is 18.2 Å². The molecule has 1 fully saturated rings. The Labute approximate surface area is 152 Å². The molecule has 0 N–H and O–H groups in total. The Hall–Kier alpha value is -2.25. The van der Waals surface area contributed by atoms with Crippen molar-refractivity contribution in [1.82, 2.24) is 20.1 Å². The molecule has 0 spiro atoms. The summed E-state index contributed by atoms with van der Waals surface area (Å²) in [6.45, 7) is 0. The van der Waals surface area contributed by atoms with E-state index in [-0.39, 0.29) is 0 Å². The summed E-state index contributed by atoms with van der Waals surface area (Å²) >= 11 is 3.30. The van der Waals surface area contributed by atoms with Crippen LogP contribution in [0.2, 0.25) is 0 Å². The fourth-order valence-electron chi connectivity index (χ4n) is 2.66. The smallest absolute Gasteiger partial charge is 0.237 e. The van der Waals surface area contributed by atoms with Gasteiger partial charge in [0.25, 0.3) is 0 Å². The van der Waals surface area contributed by atoms with Crippen molar-refractivity contribution in [1.29, 1.82) is 0 Å². The summed E-state index contributed by atoms with van der Waals surface area (Å²) < 4.78 is 5.35. The maximum atomic E-state index is 5.35. The first-order valence-corrected chi connectivity index (χ1v) is 9.92. The molecule has 0 bridgehead atoms. The van der Waals surface area contributed by atoms with Gasteiger partial charge in [-0.2, -0.15) is 4.98 Å². The highest BCUT2D eigenvalue weighted by atomic mass is 32.2. The van der Waals surface area contributed by atoms with Crippen molar-refractivity contribution < 1.29 is 4.52 Å². The van der Waals surface area contributed by atoms with Crippen molar-refractivity contribution in [2.45, 2.75) is 29.5 Å². The minimum Gasteiger partial charge on any atom is -0.338 e. The third-order valence-corrected chi connectivity index (χ3v) is 6.19. The number of hydrogen-bond donors (Lipinski definition) is 0. The average Bonchev–Trinajstić information content (AvgIpc) is 3.23. The van der Waals surface area contributed by atoms with Crippen LogP contribution < -0.4 is 0 Å². The lowest BCUT2D eigenvalue weighted by Crippen LogP contribution is -1.86. The maximum Gasteiger partial charge on any atom is 0.237 e. The number of aromatic nitrogens is 4. The molecular weight excluding hydrogens is 352 g/mol. The van der Waals surface area contributed by atoms with E-state index in [0.717, 1.165) is 21.1 Å². The minimum absolute atomic E-state index is 0.513. The standard InChI is InChI=1S/C18H14N4OS2/c1-2-4-11(5-3-1)14-8-13-17(19-10-20-18(13)25-14)24-9-15-21-16(22-23-15)12-6-7-12/h1-5,8,10,12H,6-7,9H2. The van der Waals surface area contributed by atoms with Crippen LogP contribution >= 0.6 is 23.1 Å². The zero-order valence-electron chi connectivity index (χ0n) is 13.3. The van der Waals surface area contributed by atoms with Gasteiger partial charge in [-0.1, -0.05) is 47.3 Å². The molecule has 1 aromatic carbocycles. The van der Waals surface area contributed by atoms with Crippen LogP contribution in [0.5, 0.6) is 0 Å². The summed E-state index contributed by atoms with van der Waals surface area (Å²) in [5.41, 5.74) is 1.20. The Morgan fingerprint density at radius 2 is 2.04 bits per heavy atom. The third kappa shape index (κ3) is 3.05. The molecule has 0 aliphatic heterocycles. The second-order valence-corrected chi connectivity index (χ2v) is 7.98. The van der Waals surface area contributed by atoms with Gasteiger partial charge in [0.05, 0.1) is 5.75 Å². The highest BCUT2D eigenvalue weighted by Gasteiger charge is 2.28. The predicted octanol–water partition coefficient (Wildman–Crippen LogP) is 4.91. The van der Waals surface area contributed by atoms with Crippen LogP contribution in [-0.2, 0) is 5.75 Å².